The summed E-state index contributed by atoms with van der Waals surface area (Å²) in [4.78, 5) is 23.9. The Hall–Kier alpha value is -2.24. The Labute approximate surface area is 162 Å². The number of likely N-dealkylation sites (tertiary alicyclic amines) is 1. The van der Waals surface area contributed by atoms with Gasteiger partial charge in [0.1, 0.15) is 5.69 Å². The SMILES string of the molecule is CC(C)n1nccc1-c1cnc(C[C@@H]2CCCN(C(=O)C(C)(C)C)C2)cn1. The van der Waals surface area contributed by atoms with E-state index in [1.807, 2.05) is 48.8 Å². The van der Waals surface area contributed by atoms with Gasteiger partial charge in [-0.2, -0.15) is 5.10 Å². The van der Waals surface area contributed by atoms with E-state index in [4.69, 9.17) is 0 Å². The molecule has 1 saturated heterocycles. The van der Waals surface area contributed by atoms with Gasteiger partial charge in [-0.15, -0.1) is 0 Å². The second-order valence-corrected chi connectivity index (χ2v) is 8.86. The van der Waals surface area contributed by atoms with Crippen molar-refractivity contribution >= 4 is 5.91 Å². The van der Waals surface area contributed by atoms with Crippen molar-refractivity contribution in [3.63, 3.8) is 0 Å². The lowest BCUT2D eigenvalue weighted by atomic mass is 9.89. The van der Waals surface area contributed by atoms with Crippen LogP contribution in [-0.2, 0) is 11.2 Å². The summed E-state index contributed by atoms with van der Waals surface area (Å²) in [6.07, 6.45) is 8.57. The van der Waals surface area contributed by atoms with Crippen LogP contribution in [0, 0.1) is 11.3 Å². The third kappa shape index (κ3) is 4.54. The number of carbonyl (C=O) groups is 1. The van der Waals surface area contributed by atoms with E-state index in [0.29, 0.717) is 5.92 Å². The Morgan fingerprint density at radius 3 is 2.67 bits per heavy atom. The van der Waals surface area contributed by atoms with Crippen LogP contribution in [0.5, 0.6) is 0 Å². The number of aromatic nitrogens is 4. The summed E-state index contributed by atoms with van der Waals surface area (Å²) in [6.45, 7) is 11.9. The van der Waals surface area contributed by atoms with Crippen molar-refractivity contribution in [2.75, 3.05) is 13.1 Å². The Bertz CT molecular complexity index is 773. The van der Waals surface area contributed by atoms with Gasteiger partial charge in [0.2, 0.25) is 5.91 Å². The van der Waals surface area contributed by atoms with E-state index in [2.05, 4.69) is 28.9 Å². The van der Waals surface area contributed by atoms with Gasteiger partial charge < -0.3 is 4.90 Å². The molecule has 0 saturated carbocycles. The first-order valence-corrected chi connectivity index (χ1v) is 9.90. The maximum Gasteiger partial charge on any atom is 0.227 e. The van der Waals surface area contributed by atoms with Crippen LogP contribution in [0.4, 0.5) is 0 Å². The van der Waals surface area contributed by atoms with Crippen molar-refractivity contribution in [3.05, 3.63) is 30.4 Å². The molecule has 2 aromatic rings. The largest absolute Gasteiger partial charge is 0.342 e. The van der Waals surface area contributed by atoms with Crippen LogP contribution in [0.3, 0.4) is 0 Å². The van der Waals surface area contributed by atoms with Gasteiger partial charge in [-0.3, -0.25) is 19.4 Å². The van der Waals surface area contributed by atoms with E-state index >= 15 is 0 Å². The second-order valence-electron chi connectivity index (χ2n) is 8.86. The number of carbonyl (C=O) groups excluding carboxylic acids is 1. The summed E-state index contributed by atoms with van der Waals surface area (Å²) in [5, 5.41) is 4.36. The molecule has 3 heterocycles. The third-order valence-electron chi connectivity index (χ3n) is 5.07. The summed E-state index contributed by atoms with van der Waals surface area (Å²) in [7, 11) is 0. The molecule has 0 spiro atoms. The van der Waals surface area contributed by atoms with Crippen LogP contribution in [0.25, 0.3) is 11.4 Å². The summed E-state index contributed by atoms with van der Waals surface area (Å²) in [5.74, 6) is 0.696. The fourth-order valence-corrected chi connectivity index (χ4v) is 3.71. The Balaban J connectivity index is 1.66. The molecule has 0 N–H and O–H groups in total. The lowest BCUT2D eigenvalue weighted by molar-refractivity contribution is -0.141. The highest BCUT2D eigenvalue weighted by atomic mass is 16.2. The third-order valence-corrected chi connectivity index (χ3v) is 5.07. The number of amides is 1. The first kappa shape index (κ1) is 19.5. The predicted molar refractivity (Wildman–Crippen MR) is 106 cm³/mol. The molecule has 0 bridgehead atoms. The van der Waals surface area contributed by atoms with Crippen molar-refractivity contribution in [1.29, 1.82) is 0 Å². The average molecular weight is 370 g/mol. The Morgan fingerprint density at radius 2 is 2.04 bits per heavy atom. The number of hydrogen-bond acceptors (Lipinski definition) is 4. The molecule has 1 atom stereocenters. The number of nitrogens with zero attached hydrogens (tertiary/aromatic N) is 5. The minimum absolute atomic E-state index is 0.246. The quantitative estimate of drug-likeness (QED) is 0.823. The highest BCUT2D eigenvalue weighted by molar-refractivity contribution is 5.81. The normalized spacial score (nSPS) is 18.1. The average Bonchev–Trinajstić information content (AvgIpc) is 3.11. The lowest BCUT2D eigenvalue weighted by Crippen LogP contribution is -2.45. The second kappa shape index (κ2) is 7.79. The lowest BCUT2D eigenvalue weighted by Gasteiger charge is -2.36. The van der Waals surface area contributed by atoms with Crippen LogP contribution in [0.1, 0.15) is 59.2 Å². The molecule has 2 aromatic heterocycles. The van der Waals surface area contributed by atoms with Crippen LogP contribution >= 0.6 is 0 Å². The predicted octanol–water partition coefficient (Wildman–Crippen LogP) is 3.75. The van der Waals surface area contributed by atoms with Crippen molar-refractivity contribution in [2.24, 2.45) is 11.3 Å². The topological polar surface area (TPSA) is 63.9 Å². The maximum atomic E-state index is 12.6. The van der Waals surface area contributed by atoms with Gasteiger partial charge in [-0.05, 0) is 45.1 Å². The van der Waals surface area contributed by atoms with Gasteiger partial charge in [0.25, 0.3) is 0 Å². The molecule has 1 aliphatic heterocycles. The number of rotatable bonds is 4. The number of hydrogen-bond donors (Lipinski definition) is 0. The van der Waals surface area contributed by atoms with Gasteiger partial charge in [-0.25, -0.2) is 0 Å². The molecular formula is C21H31N5O. The zero-order valence-electron chi connectivity index (χ0n) is 17.1. The molecule has 6 nitrogen and oxygen atoms in total. The van der Waals surface area contributed by atoms with E-state index in [-0.39, 0.29) is 17.4 Å². The van der Waals surface area contributed by atoms with Crippen molar-refractivity contribution < 1.29 is 4.79 Å². The standard InChI is InChI=1S/C21H31N5O/c1-15(2)26-19(8-9-24-26)18-13-22-17(12-23-18)11-16-7-6-10-25(14-16)20(27)21(3,4)5/h8-9,12-13,15-16H,6-7,10-11,14H2,1-5H3/t16-/m0/s1. The minimum atomic E-state index is -0.317. The highest BCUT2D eigenvalue weighted by Gasteiger charge is 2.31. The van der Waals surface area contributed by atoms with E-state index in [1.165, 1.54) is 0 Å². The summed E-state index contributed by atoms with van der Waals surface area (Å²) < 4.78 is 1.96. The molecular weight excluding hydrogens is 338 g/mol. The Kier molecular flexibility index (Phi) is 5.63. The maximum absolute atomic E-state index is 12.6. The van der Waals surface area contributed by atoms with Gasteiger partial charge >= 0.3 is 0 Å². The molecule has 1 amide bonds. The van der Waals surface area contributed by atoms with Crippen LogP contribution < -0.4 is 0 Å². The first-order chi connectivity index (χ1) is 12.8. The molecule has 0 unspecified atom stereocenters. The fourth-order valence-electron chi connectivity index (χ4n) is 3.71. The molecule has 1 fully saturated rings. The van der Waals surface area contributed by atoms with Crippen LogP contribution in [0.2, 0.25) is 0 Å². The van der Waals surface area contributed by atoms with Gasteiger partial charge in [0.15, 0.2) is 0 Å². The molecule has 27 heavy (non-hydrogen) atoms. The highest BCUT2D eigenvalue weighted by Crippen LogP contribution is 2.25. The molecule has 0 aliphatic carbocycles. The first-order valence-electron chi connectivity index (χ1n) is 9.90. The summed E-state index contributed by atoms with van der Waals surface area (Å²) in [5.41, 5.74) is 2.51. The van der Waals surface area contributed by atoms with Crippen molar-refractivity contribution in [2.45, 2.75) is 59.9 Å². The molecule has 6 heteroatoms. The summed E-state index contributed by atoms with van der Waals surface area (Å²) in [6, 6.07) is 2.26. The zero-order chi connectivity index (χ0) is 19.6. The van der Waals surface area contributed by atoms with Crippen molar-refractivity contribution in [1.82, 2.24) is 24.6 Å². The van der Waals surface area contributed by atoms with Gasteiger partial charge in [-0.1, -0.05) is 20.8 Å². The molecule has 0 radical (unpaired) electrons. The van der Waals surface area contributed by atoms with Crippen LogP contribution in [0.15, 0.2) is 24.7 Å². The monoisotopic (exact) mass is 369 g/mol. The molecule has 0 aromatic carbocycles. The molecule has 3 rings (SSSR count). The van der Waals surface area contributed by atoms with Gasteiger partial charge in [0.05, 0.1) is 17.6 Å². The van der Waals surface area contributed by atoms with E-state index in [1.54, 1.807) is 6.20 Å². The van der Waals surface area contributed by atoms with E-state index in [0.717, 1.165) is 49.4 Å². The zero-order valence-corrected chi connectivity index (χ0v) is 17.1. The molecule has 1 aliphatic rings. The summed E-state index contributed by atoms with van der Waals surface area (Å²) >= 11 is 0. The van der Waals surface area contributed by atoms with E-state index < -0.39 is 0 Å². The van der Waals surface area contributed by atoms with Crippen molar-refractivity contribution in [3.8, 4) is 11.4 Å². The van der Waals surface area contributed by atoms with Crippen LogP contribution in [-0.4, -0.2) is 43.6 Å². The van der Waals surface area contributed by atoms with Gasteiger partial charge in [0, 0.05) is 36.9 Å². The minimum Gasteiger partial charge on any atom is -0.342 e. The van der Waals surface area contributed by atoms with E-state index in [9.17, 15) is 4.79 Å². The smallest absolute Gasteiger partial charge is 0.227 e. The number of piperidine rings is 1. The molecule has 146 valence electrons. The Morgan fingerprint density at radius 1 is 1.26 bits per heavy atom. The fraction of sp³-hybridized carbons (Fsp3) is 0.619.